The van der Waals surface area contributed by atoms with Gasteiger partial charge in [-0.1, -0.05) is 35.5 Å². The van der Waals surface area contributed by atoms with E-state index in [9.17, 15) is 4.79 Å². The lowest BCUT2D eigenvalue weighted by atomic mass is 10.2. The number of carbonyl (C=O) groups is 1. The lowest BCUT2D eigenvalue weighted by Crippen LogP contribution is -2.35. The van der Waals surface area contributed by atoms with Crippen LogP contribution in [0, 0.1) is 0 Å². The Balaban J connectivity index is 1.38. The molecular formula is C19H21ClN4O2S2. The summed E-state index contributed by atoms with van der Waals surface area (Å²) in [4.78, 5) is 17.3. The van der Waals surface area contributed by atoms with Crippen LogP contribution >= 0.6 is 34.7 Å². The third kappa shape index (κ3) is 4.69. The minimum absolute atomic E-state index is 0.168. The fourth-order valence-corrected chi connectivity index (χ4v) is 5.44. The highest BCUT2D eigenvalue weighted by molar-refractivity contribution is 8.16. The van der Waals surface area contributed by atoms with E-state index >= 15 is 0 Å². The third-order valence-corrected chi connectivity index (χ3v) is 7.08. The van der Waals surface area contributed by atoms with Crippen LogP contribution in [0.25, 0.3) is 0 Å². The number of anilines is 1. The van der Waals surface area contributed by atoms with Crippen LogP contribution in [0.3, 0.4) is 0 Å². The number of hydrazone groups is 1. The van der Waals surface area contributed by atoms with E-state index in [1.54, 1.807) is 16.3 Å². The monoisotopic (exact) mass is 436 g/mol. The summed E-state index contributed by atoms with van der Waals surface area (Å²) in [5, 5.41) is 11.4. The Bertz CT molecular complexity index is 879. The molecule has 1 aromatic carbocycles. The van der Waals surface area contributed by atoms with E-state index in [4.69, 9.17) is 16.3 Å². The largest absolute Gasteiger partial charge is 0.379 e. The van der Waals surface area contributed by atoms with Crippen molar-refractivity contribution in [3.8, 4) is 0 Å². The number of morpholine rings is 1. The van der Waals surface area contributed by atoms with Crippen LogP contribution < -0.4 is 10.3 Å². The van der Waals surface area contributed by atoms with E-state index < -0.39 is 0 Å². The normalized spacial score (nSPS) is 17.2. The molecule has 2 aliphatic rings. The second-order valence-electron chi connectivity index (χ2n) is 6.61. The molecule has 0 saturated carbocycles. The topological polar surface area (TPSA) is 57.2 Å². The number of hydrogen-bond acceptors (Lipinski definition) is 7. The highest BCUT2D eigenvalue weighted by atomic mass is 35.5. The molecule has 1 fully saturated rings. The molecule has 0 radical (unpaired) electrons. The number of thioether (sulfide) groups is 1. The molecule has 6 nitrogen and oxygen atoms in total. The van der Waals surface area contributed by atoms with Gasteiger partial charge in [0.15, 0.2) is 5.04 Å². The number of nitrogens with one attached hydrogen (secondary N) is 1. The summed E-state index contributed by atoms with van der Waals surface area (Å²) in [5.41, 5.74) is 0.997. The van der Waals surface area contributed by atoms with Crippen molar-refractivity contribution < 1.29 is 9.53 Å². The molecule has 0 atom stereocenters. The summed E-state index contributed by atoms with van der Waals surface area (Å²) in [6, 6.07) is 9.62. The summed E-state index contributed by atoms with van der Waals surface area (Å²) in [7, 11) is 1.89. The Morgan fingerprint density at radius 3 is 2.79 bits per heavy atom. The van der Waals surface area contributed by atoms with Gasteiger partial charge in [-0.25, -0.2) is 0 Å². The number of fused-ring (bicyclic) bond motifs is 1. The molecule has 28 heavy (non-hydrogen) atoms. The molecule has 148 valence electrons. The molecule has 1 amide bonds. The minimum Gasteiger partial charge on any atom is -0.379 e. The van der Waals surface area contributed by atoms with Crippen molar-refractivity contribution in [3.63, 3.8) is 0 Å². The lowest BCUT2D eigenvalue weighted by Gasteiger charge is -2.25. The summed E-state index contributed by atoms with van der Waals surface area (Å²) in [6.07, 6.45) is 0. The van der Waals surface area contributed by atoms with Crippen molar-refractivity contribution in [1.82, 2.24) is 10.2 Å². The fraction of sp³-hybridized carbons (Fsp3) is 0.368. The highest BCUT2D eigenvalue weighted by Gasteiger charge is 2.25. The van der Waals surface area contributed by atoms with Crippen molar-refractivity contribution in [2.45, 2.75) is 18.0 Å². The molecule has 0 bridgehead atoms. The second-order valence-corrected chi connectivity index (χ2v) is 9.19. The van der Waals surface area contributed by atoms with Gasteiger partial charge in [0, 0.05) is 43.1 Å². The van der Waals surface area contributed by atoms with Crippen molar-refractivity contribution in [1.29, 1.82) is 0 Å². The number of benzene rings is 1. The molecule has 0 aliphatic carbocycles. The van der Waals surface area contributed by atoms with Gasteiger partial charge >= 0.3 is 0 Å². The summed E-state index contributed by atoms with van der Waals surface area (Å²) in [6.45, 7) is 4.86. The van der Waals surface area contributed by atoms with E-state index in [0.717, 1.165) is 48.3 Å². The SMILES string of the molecule is CN1N=C(C(=O)NCc2ccc(Cl)cc2)Sc2cc(CN3CCOCC3)sc21. The Hall–Kier alpha value is -1.58. The van der Waals surface area contributed by atoms with Crippen molar-refractivity contribution in [3.05, 3.63) is 45.8 Å². The molecule has 1 N–H and O–H groups in total. The number of thiophene rings is 1. The van der Waals surface area contributed by atoms with Crippen LogP contribution in [-0.4, -0.2) is 49.2 Å². The number of hydrogen-bond donors (Lipinski definition) is 1. The van der Waals surface area contributed by atoms with Crippen LogP contribution in [0.2, 0.25) is 5.02 Å². The summed E-state index contributed by atoms with van der Waals surface area (Å²) < 4.78 is 5.42. The first kappa shape index (κ1) is 19.7. The van der Waals surface area contributed by atoms with E-state index in [1.165, 1.54) is 16.6 Å². The van der Waals surface area contributed by atoms with Crippen LogP contribution in [0.1, 0.15) is 10.4 Å². The molecule has 2 aliphatic heterocycles. The standard InChI is InChI=1S/C19H21ClN4O2S2/c1-23-19-16(10-15(27-19)12-24-6-8-26-9-7-24)28-18(22-23)17(25)21-11-13-2-4-14(20)5-3-13/h2-5,10H,6-9,11-12H2,1H3,(H,21,25). The third-order valence-electron chi connectivity index (χ3n) is 4.52. The quantitative estimate of drug-likeness (QED) is 0.778. The number of amides is 1. The second kappa shape index (κ2) is 8.84. The van der Waals surface area contributed by atoms with Crippen molar-refractivity contribution in [2.75, 3.05) is 38.4 Å². The lowest BCUT2D eigenvalue weighted by molar-refractivity contribution is -0.114. The fourth-order valence-electron chi connectivity index (χ4n) is 3.03. The molecule has 9 heteroatoms. The maximum atomic E-state index is 12.6. The van der Waals surface area contributed by atoms with Crippen molar-refractivity contribution >= 4 is 50.7 Å². The van der Waals surface area contributed by atoms with Gasteiger partial charge in [0.25, 0.3) is 5.91 Å². The van der Waals surface area contributed by atoms with Gasteiger partial charge in [0.2, 0.25) is 0 Å². The van der Waals surface area contributed by atoms with E-state index in [-0.39, 0.29) is 5.91 Å². The molecule has 0 unspecified atom stereocenters. The zero-order valence-electron chi connectivity index (χ0n) is 15.5. The Labute approximate surface area is 177 Å². The smallest absolute Gasteiger partial charge is 0.278 e. The highest BCUT2D eigenvalue weighted by Crippen LogP contribution is 2.42. The van der Waals surface area contributed by atoms with Gasteiger partial charge in [-0.05, 0) is 23.8 Å². The Morgan fingerprint density at radius 1 is 1.29 bits per heavy atom. The van der Waals surface area contributed by atoms with E-state index in [1.807, 2.05) is 31.3 Å². The van der Waals surface area contributed by atoms with Gasteiger partial charge in [0.1, 0.15) is 5.00 Å². The van der Waals surface area contributed by atoms with Gasteiger partial charge in [0.05, 0.1) is 18.1 Å². The molecule has 1 aromatic heterocycles. The first-order chi connectivity index (χ1) is 13.6. The van der Waals surface area contributed by atoms with Gasteiger partial charge in [-0.3, -0.25) is 14.7 Å². The number of halogens is 1. The molecular weight excluding hydrogens is 416 g/mol. The Kier molecular flexibility index (Phi) is 6.22. The predicted octanol–water partition coefficient (Wildman–Crippen LogP) is 3.41. The minimum atomic E-state index is -0.168. The zero-order chi connectivity index (χ0) is 19.5. The summed E-state index contributed by atoms with van der Waals surface area (Å²) in [5.74, 6) is -0.168. The average molecular weight is 437 g/mol. The van der Waals surface area contributed by atoms with E-state index in [2.05, 4.69) is 21.4 Å². The first-order valence-corrected chi connectivity index (χ1v) is 11.1. The number of ether oxygens (including phenoxy) is 1. The van der Waals surface area contributed by atoms with Crippen molar-refractivity contribution in [2.24, 2.45) is 5.10 Å². The van der Waals surface area contributed by atoms with Crippen LogP contribution in [-0.2, 0) is 22.6 Å². The zero-order valence-corrected chi connectivity index (χ0v) is 17.9. The molecule has 3 heterocycles. The summed E-state index contributed by atoms with van der Waals surface area (Å²) >= 11 is 9.07. The van der Waals surface area contributed by atoms with Crippen LogP contribution in [0.4, 0.5) is 5.00 Å². The van der Waals surface area contributed by atoms with Crippen LogP contribution in [0.5, 0.6) is 0 Å². The number of carbonyl (C=O) groups excluding carboxylic acids is 1. The van der Waals surface area contributed by atoms with E-state index in [0.29, 0.717) is 16.6 Å². The maximum absolute atomic E-state index is 12.6. The average Bonchev–Trinajstić information content (AvgIpc) is 3.11. The predicted molar refractivity (Wildman–Crippen MR) is 115 cm³/mol. The van der Waals surface area contributed by atoms with Gasteiger partial charge in [-0.15, -0.1) is 11.3 Å². The Morgan fingerprint density at radius 2 is 2.04 bits per heavy atom. The molecule has 2 aromatic rings. The van der Waals surface area contributed by atoms with Gasteiger partial charge in [-0.2, -0.15) is 5.10 Å². The molecule has 4 rings (SSSR count). The number of rotatable bonds is 5. The van der Waals surface area contributed by atoms with Crippen LogP contribution in [0.15, 0.2) is 40.3 Å². The molecule has 1 saturated heterocycles. The number of nitrogens with zero attached hydrogens (tertiary/aromatic N) is 3. The first-order valence-electron chi connectivity index (χ1n) is 9.04. The molecule has 0 spiro atoms. The van der Waals surface area contributed by atoms with Gasteiger partial charge < -0.3 is 10.1 Å². The maximum Gasteiger partial charge on any atom is 0.278 e.